The number of esters is 1. The molecule has 2 fully saturated rings. The van der Waals surface area contributed by atoms with Crippen LogP contribution in [0.4, 0.5) is 0 Å². The Morgan fingerprint density at radius 1 is 1.43 bits per heavy atom. The topological polar surface area (TPSA) is 38.3 Å². The van der Waals surface area contributed by atoms with E-state index in [4.69, 9.17) is 4.74 Å². The lowest BCUT2D eigenvalue weighted by Crippen LogP contribution is -2.40. The zero-order chi connectivity index (χ0) is 9.97. The van der Waals surface area contributed by atoms with Crippen molar-refractivity contribution in [2.45, 2.75) is 38.1 Å². The fourth-order valence-corrected chi connectivity index (χ4v) is 1.85. The van der Waals surface area contributed by atoms with E-state index in [-0.39, 0.29) is 12.0 Å². The Labute approximate surface area is 85.2 Å². The number of carbonyl (C=O) groups excluding carboxylic acids is 1. The zero-order valence-electron chi connectivity index (χ0n) is 8.79. The van der Waals surface area contributed by atoms with Gasteiger partial charge in [0.1, 0.15) is 6.04 Å². The Kier molecular flexibility index (Phi) is 3.06. The molecule has 0 aromatic carbocycles. The van der Waals surface area contributed by atoms with Gasteiger partial charge in [-0.1, -0.05) is 12.8 Å². The number of nitrogens with one attached hydrogen (secondary N) is 1. The highest BCUT2D eigenvalue weighted by molar-refractivity contribution is 5.76. The summed E-state index contributed by atoms with van der Waals surface area (Å²) in [6.07, 6.45) is 6.34. The van der Waals surface area contributed by atoms with Gasteiger partial charge in [-0.05, 0) is 37.6 Å². The summed E-state index contributed by atoms with van der Waals surface area (Å²) in [4.78, 5) is 11.4. The second-order valence-electron chi connectivity index (χ2n) is 4.52. The van der Waals surface area contributed by atoms with Gasteiger partial charge in [-0.2, -0.15) is 0 Å². The predicted octanol–water partition coefficient (Wildman–Crippen LogP) is 1.33. The molecule has 3 heteroatoms. The van der Waals surface area contributed by atoms with Gasteiger partial charge in [-0.25, -0.2) is 0 Å². The van der Waals surface area contributed by atoms with Gasteiger partial charge in [0.05, 0.1) is 7.11 Å². The van der Waals surface area contributed by atoms with Crippen LogP contribution in [0.2, 0.25) is 0 Å². The summed E-state index contributed by atoms with van der Waals surface area (Å²) in [6, 6.07) is -0.0289. The summed E-state index contributed by atoms with van der Waals surface area (Å²) < 4.78 is 4.79. The highest BCUT2D eigenvalue weighted by Crippen LogP contribution is 2.34. The van der Waals surface area contributed by atoms with E-state index >= 15 is 0 Å². The Bertz CT molecular complexity index is 209. The van der Waals surface area contributed by atoms with E-state index < -0.39 is 0 Å². The molecule has 0 spiro atoms. The van der Waals surface area contributed by atoms with Crippen molar-refractivity contribution in [1.29, 1.82) is 0 Å². The molecule has 2 saturated carbocycles. The van der Waals surface area contributed by atoms with Crippen LogP contribution >= 0.6 is 0 Å². The minimum absolute atomic E-state index is 0.0289. The molecule has 1 unspecified atom stereocenters. The zero-order valence-corrected chi connectivity index (χ0v) is 8.79. The smallest absolute Gasteiger partial charge is 0.323 e. The number of methoxy groups -OCH3 is 1. The molecule has 2 aliphatic rings. The molecule has 1 N–H and O–H groups in total. The van der Waals surface area contributed by atoms with E-state index in [0.717, 1.165) is 12.5 Å². The van der Waals surface area contributed by atoms with Crippen molar-refractivity contribution in [1.82, 2.24) is 5.32 Å². The van der Waals surface area contributed by atoms with Gasteiger partial charge in [0.15, 0.2) is 0 Å². The third-order valence-corrected chi connectivity index (χ3v) is 3.16. The third-order valence-electron chi connectivity index (χ3n) is 3.16. The summed E-state index contributed by atoms with van der Waals surface area (Å²) in [5.74, 6) is 1.39. The average Bonchev–Trinajstić information content (AvgIpc) is 3.01. The molecular formula is C11H19NO2. The summed E-state index contributed by atoms with van der Waals surface area (Å²) in [6.45, 7) is 0.973. The van der Waals surface area contributed by atoms with Crippen LogP contribution in [-0.2, 0) is 9.53 Å². The van der Waals surface area contributed by atoms with Crippen LogP contribution in [-0.4, -0.2) is 25.7 Å². The summed E-state index contributed by atoms with van der Waals surface area (Å²) >= 11 is 0. The van der Waals surface area contributed by atoms with Gasteiger partial charge in [-0.3, -0.25) is 4.79 Å². The van der Waals surface area contributed by atoms with Gasteiger partial charge in [0, 0.05) is 0 Å². The molecule has 0 radical (unpaired) electrons. The van der Waals surface area contributed by atoms with Crippen molar-refractivity contribution in [3.05, 3.63) is 0 Å². The molecular weight excluding hydrogens is 178 g/mol. The first-order valence-electron chi connectivity index (χ1n) is 5.62. The van der Waals surface area contributed by atoms with Gasteiger partial charge >= 0.3 is 5.97 Å². The molecule has 0 saturated heterocycles. The number of hydrogen-bond acceptors (Lipinski definition) is 3. The van der Waals surface area contributed by atoms with Crippen LogP contribution in [0.1, 0.15) is 32.1 Å². The molecule has 0 aromatic heterocycles. The van der Waals surface area contributed by atoms with E-state index in [1.807, 2.05) is 0 Å². The Hall–Kier alpha value is -0.570. The van der Waals surface area contributed by atoms with Crippen LogP contribution in [0.25, 0.3) is 0 Å². The Balaban J connectivity index is 1.69. The van der Waals surface area contributed by atoms with Gasteiger partial charge in [0.2, 0.25) is 0 Å². The van der Waals surface area contributed by atoms with Crippen LogP contribution < -0.4 is 5.32 Å². The van der Waals surface area contributed by atoms with E-state index in [2.05, 4.69) is 5.32 Å². The minimum atomic E-state index is -0.0803. The lowest BCUT2D eigenvalue weighted by atomic mass is 10.2. The first kappa shape index (κ1) is 9.97. The van der Waals surface area contributed by atoms with Crippen molar-refractivity contribution in [3.8, 4) is 0 Å². The first-order valence-corrected chi connectivity index (χ1v) is 5.62. The van der Waals surface area contributed by atoms with E-state index in [1.165, 1.54) is 39.2 Å². The van der Waals surface area contributed by atoms with Crippen LogP contribution in [0, 0.1) is 11.8 Å². The monoisotopic (exact) mass is 197 g/mol. The fraction of sp³-hybridized carbons (Fsp3) is 0.909. The van der Waals surface area contributed by atoms with Gasteiger partial charge < -0.3 is 10.1 Å². The molecule has 0 heterocycles. The highest BCUT2D eigenvalue weighted by Gasteiger charge is 2.36. The van der Waals surface area contributed by atoms with E-state index in [0.29, 0.717) is 5.92 Å². The molecule has 80 valence electrons. The molecule has 3 nitrogen and oxygen atoms in total. The molecule has 0 amide bonds. The average molecular weight is 197 g/mol. The van der Waals surface area contributed by atoms with E-state index in [1.54, 1.807) is 0 Å². The lowest BCUT2D eigenvalue weighted by Gasteiger charge is -2.15. The van der Waals surface area contributed by atoms with Crippen LogP contribution in [0.15, 0.2) is 0 Å². The molecule has 14 heavy (non-hydrogen) atoms. The minimum Gasteiger partial charge on any atom is -0.468 e. The standard InChI is InChI=1S/C11H19NO2/c1-14-11(13)10(9-4-5-9)12-7-6-8-2-3-8/h8-10,12H,2-7H2,1H3. The van der Waals surface area contributed by atoms with Crippen molar-refractivity contribution in [2.75, 3.05) is 13.7 Å². The second-order valence-corrected chi connectivity index (χ2v) is 4.52. The molecule has 1 atom stereocenters. The van der Waals surface area contributed by atoms with Crippen molar-refractivity contribution < 1.29 is 9.53 Å². The predicted molar refractivity (Wildman–Crippen MR) is 53.9 cm³/mol. The summed E-state index contributed by atoms with van der Waals surface area (Å²) in [7, 11) is 1.47. The molecule has 2 rings (SSSR count). The molecule has 2 aliphatic carbocycles. The van der Waals surface area contributed by atoms with Gasteiger partial charge in [-0.15, -0.1) is 0 Å². The maximum atomic E-state index is 11.4. The SMILES string of the molecule is COC(=O)C(NCCC1CC1)C1CC1. The largest absolute Gasteiger partial charge is 0.468 e. The molecule has 0 aliphatic heterocycles. The maximum absolute atomic E-state index is 11.4. The van der Waals surface area contributed by atoms with Crippen molar-refractivity contribution >= 4 is 5.97 Å². The highest BCUT2D eigenvalue weighted by atomic mass is 16.5. The van der Waals surface area contributed by atoms with E-state index in [9.17, 15) is 4.79 Å². The third kappa shape index (κ3) is 2.71. The Morgan fingerprint density at radius 2 is 2.14 bits per heavy atom. The Morgan fingerprint density at radius 3 is 2.64 bits per heavy atom. The van der Waals surface area contributed by atoms with Crippen LogP contribution in [0.3, 0.4) is 0 Å². The van der Waals surface area contributed by atoms with Crippen LogP contribution in [0.5, 0.6) is 0 Å². The number of ether oxygens (including phenoxy) is 1. The van der Waals surface area contributed by atoms with Crippen molar-refractivity contribution in [3.63, 3.8) is 0 Å². The summed E-state index contributed by atoms with van der Waals surface area (Å²) in [5.41, 5.74) is 0. The lowest BCUT2D eigenvalue weighted by molar-refractivity contribution is -0.143. The molecule has 0 aromatic rings. The number of carbonyl (C=O) groups is 1. The number of hydrogen-bond donors (Lipinski definition) is 1. The second kappa shape index (κ2) is 4.30. The fourth-order valence-electron chi connectivity index (χ4n) is 1.85. The molecule has 0 bridgehead atoms. The maximum Gasteiger partial charge on any atom is 0.323 e. The van der Waals surface area contributed by atoms with Gasteiger partial charge in [0.25, 0.3) is 0 Å². The number of rotatable bonds is 6. The summed E-state index contributed by atoms with van der Waals surface area (Å²) in [5, 5.41) is 3.33. The quantitative estimate of drug-likeness (QED) is 0.653. The normalized spacial score (nSPS) is 23.2. The van der Waals surface area contributed by atoms with Crippen molar-refractivity contribution in [2.24, 2.45) is 11.8 Å². The first-order chi connectivity index (χ1) is 6.81.